The Hall–Kier alpha value is -3.58. The monoisotopic (exact) mass is 440 g/mol. The van der Waals surface area contributed by atoms with Crippen LogP contribution in [0.5, 0.6) is 5.75 Å². The zero-order valence-corrected chi connectivity index (χ0v) is 17.5. The fraction of sp³-hybridized carbons (Fsp3) is 0.174. The zero-order valence-electron chi connectivity index (χ0n) is 16.8. The third-order valence-electron chi connectivity index (χ3n) is 4.38. The third-order valence-corrected chi connectivity index (χ3v) is 4.63. The Morgan fingerprint density at radius 1 is 1.00 bits per heavy atom. The lowest BCUT2D eigenvalue weighted by atomic mass is 10.0. The molecule has 0 aliphatic rings. The first kappa shape index (κ1) is 22.1. The number of halogens is 1. The molecule has 1 unspecified atom stereocenters. The minimum atomic E-state index is -0.731. The van der Waals surface area contributed by atoms with Crippen molar-refractivity contribution in [1.82, 2.24) is 10.6 Å². The lowest BCUT2D eigenvalue weighted by Crippen LogP contribution is -2.46. The maximum atomic E-state index is 12.5. The van der Waals surface area contributed by atoms with Crippen molar-refractivity contribution < 1.29 is 23.5 Å². The van der Waals surface area contributed by atoms with Crippen molar-refractivity contribution in [3.63, 3.8) is 0 Å². The van der Waals surface area contributed by atoms with Gasteiger partial charge in [0.15, 0.2) is 12.4 Å². The number of benzene rings is 2. The maximum absolute atomic E-state index is 12.5. The maximum Gasteiger partial charge on any atom is 0.258 e. The first-order valence-electron chi connectivity index (χ1n) is 9.55. The van der Waals surface area contributed by atoms with Crippen LogP contribution >= 0.6 is 11.6 Å². The van der Waals surface area contributed by atoms with Crippen LogP contribution in [0.15, 0.2) is 71.3 Å². The van der Waals surface area contributed by atoms with Gasteiger partial charge in [-0.1, -0.05) is 11.6 Å². The molecular formula is C23H21ClN2O5. The SMILES string of the molecule is CC(NC(=O)COc1ccc(C(=O)c2ccc(Cl)cc2)cc1)C(=O)NCc1ccco1. The number of rotatable bonds is 9. The van der Waals surface area contributed by atoms with Gasteiger partial charge in [0.05, 0.1) is 12.8 Å². The molecule has 8 heteroatoms. The smallest absolute Gasteiger partial charge is 0.258 e. The van der Waals surface area contributed by atoms with Crippen molar-refractivity contribution in [1.29, 1.82) is 0 Å². The highest BCUT2D eigenvalue weighted by Crippen LogP contribution is 2.17. The van der Waals surface area contributed by atoms with E-state index in [2.05, 4.69) is 10.6 Å². The van der Waals surface area contributed by atoms with Crippen LogP contribution in [0, 0.1) is 0 Å². The summed E-state index contributed by atoms with van der Waals surface area (Å²) in [6.45, 7) is 1.55. The number of ketones is 1. The molecule has 1 heterocycles. The normalized spacial score (nSPS) is 11.4. The molecule has 2 amide bonds. The van der Waals surface area contributed by atoms with E-state index in [9.17, 15) is 14.4 Å². The average molecular weight is 441 g/mol. The van der Waals surface area contributed by atoms with Gasteiger partial charge in [-0.25, -0.2) is 0 Å². The number of carbonyl (C=O) groups excluding carboxylic acids is 3. The molecule has 1 aromatic heterocycles. The molecule has 2 N–H and O–H groups in total. The number of nitrogens with one attached hydrogen (secondary N) is 2. The van der Waals surface area contributed by atoms with Crippen LogP contribution in [0.2, 0.25) is 5.02 Å². The van der Waals surface area contributed by atoms with Gasteiger partial charge in [-0.3, -0.25) is 14.4 Å². The Morgan fingerprint density at radius 3 is 2.26 bits per heavy atom. The van der Waals surface area contributed by atoms with Gasteiger partial charge in [0.1, 0.15) is 17.6 Å². The molecule has 0 spiro atoms. The Morgan fingerprint density at radius 2 is 1.65 bits per heavy atom. The van der Waals surface area contributed by atoms with Crippen molar-refractivity contribution in [2.45, 2.75) is 19.5 Å². The fourth-order valence-electron chi connectivity index (χ4n) is 2.71. The van der Waals surface area contributed by atoms with E-state index in [1.165, 1.54) is 6.26 Å². The molecule has 3 aromatic rings. The van der Waals surface area contributed by atoms with Gasteiger partial charge in [-0.05, 0) is 67.6 Å². The summed E-state index contributed by atoms with van der Waals surface area (Å²) >= 11 is 5.84. The van der Waals surface area contributed by atoms with Gasteiger partial charge >= 0.3 is 0 Å². The summed E-state index contributed by atoms with van der Waals surface area (Å²) in [6.07, 6.45) is 1.52. The lowest BCUT2D eigenvalue weighted by Gasteiger charge is -2.14. The van der Waals surface area contributed by atoms with E-state index in [0.717, 1.165) is 0 Å². The van der Waals surface area contributed by atoms with E-state index in [0.29, 0.717) is 27.7 Å². The highest BCUT2D eigenvalue weighted by atomic mass is 35.5. The predicted molar refractivity (Wildman–Crippen MR) is 115 cm³/mol. The Balaban J connectivity index is 1.44. The summed E-state index contributed by atoms with van der Waals surface area (Å²) in [5.41, 5.74) is 1.01. The van der Waals surface area contributed by atoms with Crippen LogP contribution in [0.25, 0.3) is 0 Å². The number of hydrogen-bond acceptors (Lipinski definition) is 5. The second-order valence-corrected chi connectivity index (χ2v) is 7.17. The van der Waals surface area contributed by atoms with Crippen LogP contribution in [0.4, 0.5) is 0 Å². The van der Waals surface area contributed by atoms with Crippen molar-refractivity contribution >= 4 is 29.2 Å². The van der Waals surface area contributed by atoms with E-state index < -0.39 is 11.9 Å². The van der Waals surface area contributed by atoms with Gasteiger partial charge in [0, 0.05) is 16.1 Å². The number of furan rings is 1. The minimum absolute atomic E-state index is 0.143. The van der Waals surface area contributed by atoms with E-state index in [4.69, 9.17) is 20.8 Å². The molecule has 7 nitrogen and oxygen atoms in total. The number of carbonyl (C=O) groups is 3. The predicted octanol–water partition coefficient (Wildman–Crippen LogP) is 3.36. The molecule has 0 aliphatic carbocycles. The summed E-state index contributed by atoms with van der Waals surface area (Å²) in [6, 6.07) is 15.8. The van der Waals surface area contributed by atoms with Gasteiger partial charge < -0.3 is 19.8 Å². The summed E-state index contributed by atoms with van der Waals surface area (Å²) < 4.78 is 10.6. The van der Waals surface area contributed by atoms with Gasteiger partial charge in [0.2, 0.25) is 5.91 Å². The highest BCUT2D eigenvalue weighted by molar-refractivity contribution is 6.30. The molecule has 0 saturated carbocycles. The average Bonchev–Trinajstić information content (AvgIpc) is 3.30. The molecule has 0 radical (unpaired) electrons. The summed E-state index contributed by atoms with van der Waals surface area (Å²) in [7, 11) is 0. The minimum Gasteiger partial charge on any atom is -0.484 e. The Bertz CT molecular complexity index is 1030. The first-order valence-corrected chi connectivity index (χ1v) is 9.93. The second kappa shape index (κ2) is 10.4. The van der Waals surface area contributed by atoms with Crippen molar-refractivity contribution in [3.05, 3.63) is 88.8 Å². The summed E-state index contributed by atoms with van der Waals surface area (Å²) in [5, 5.41) is 5.79. The molecule has 1 atom stereocenters. The highest BCUT2D eigenvalue weighted by Gasteiger charge is 2.16. The standard InChI is InChI=1S/C23H21ClN2O5/c1-15(23(29)25-13-20-3-2-12-30-20)26-21(27)14-31-19-10-6-17(7-11-19)22(28)16-4-8-18(24)9-5-16/h2-12,15H,13-14H2,1H3,(H,25,29)(H,26,27). The Kier molecular flexibility index (Phi) is 7.45. The Labute approximate surface area is 184 Å². The number of ether oxygens (including phenoxy) is 1. The molecule has 0 aliphatic heterocycles. The van der Waals surface area contributed by atoms with Crippen LogP contribution in [-0.4, -0.2) is 30.2 Å². The van der Waals surface area contributed by atoms with Crippen LogP contribution in [-0.2, 0) is 16.1 Å². The molecule has 31 heavy (non-hydrogen) atoms. The van der Waals surface area contributed by atoms with Gasteiger partial charge in [-0.15, -0.1) is 0 Å². The molecule has 0 saturated heterocycles. The van der Waals surface area contributed by atoms with Gasteiger partial charge in [-0.2, -0.15) is 0 Å². The third kappa shape index (κ3) is 6.45. The molecule has 0 bridgehead atoms. The van der Waals surface area contributed by atoms with Crippen molar-refractivity contribution in [2.24, 2.45) is 0 Å². The molecule has 2 aromatic carbocycles. The lowest BCUT2D eigenvalue weighted by molar-refractivity contribution is -0.129. The van der Waals surface area contributed by atoms with Gasteiger partial charge in [0.25, 0.3) is 5.91 Å². The molecule has 3 rings (SSSR count). The van der Waals surface area contributed by atoms with Crippen molar-refractivity contribution in [3.8, 4) is 5.75 Å². The van der Waals surface area contributed by atoms with E-state index in [-0.39, 0.29) is 24.8 Å². The van der Waals surface area contributed by atoms with Crippen molar-refractivity contribution in [2.75, 3.05) is 6.61 Å². The quantitative estimate of drug-likeness (QED) is 0.497. The molecule has 0 fully saturated rings. The number of hydrogen-bond donors (Lipinski definition) is 2. The molecule has 160 valence electrons. The second-order valence-electron chi connectivity index (χ2n) is 6.74. The topological polar surface area (TPSA) is 97.6 Å². The molecular weight excluding hydrogens is 420 g/mol. The van der Waals surface area contributed by atoms with E-state index in [1.807, 2.05) is 0 Å². The zero-order chi connectivity index (χ0) is 22.2. The fourth-order valence-corrected chi connectivity index (χ4v) is 2.83. The summed E-state index contributed by atoms with van der Waals surface area (Å²) in [4.78, 5) is 36.5. The van der Waals surface area contributed by atoms with Crippen LogP contribution in [0.1, 0.15) is 28.6 Å². The first-order chi connectivity index (χ1) is 14.9. The van der Waals surface area contributed by atoms with E-state index in [1.54, 1.807) is 67.6 Å². The number of amides is 2. The largest absolute Gasteiger partial charge is 0.484 e. The summed E-state index contributed by atoms with van der Waals surface area (Å²) in [5.74, 6) is 0.123. The van der Waals surface area contributed by atoms with Crippen LogP contribution in [0.3, 0.4) is 0 Å². The van der Waals surface area contributed by atoms with Crippen LogP contribution < -0.4 is 15.4 Å². The van der Waals surface area contributed by atoms with E-state index >= 15 is 0 Å².